The summed E-state index contributed by atoms with van der Waals surface area (Å²) in [6, 6.07) is 11.1. The summed E-state index contributed by atoms with van der Waals surface area (Å²) >= 11 is 0. The molecule has 1 heteroatoms. The maximum absolute atomic E-state index is 2.51. The molecular formula is C23H39B. The predicted molar refractivity (Wildman–Crippen MR) is 112 cm³/mol. The van der Waals surface area contributed by atoms with E-state index in [0.29, 0.717) is 17.4 Å². The first-order valence-electron chi connectivity index (χ1n) is 10.1. The van der Waals surface area contributed by atoms with E-state index in [1.54, 1.807) is 0 Å². The van der Waals surface area contributed by atoms with Gasteiger partial charge >= 0.3 is 0 Å². The minimum absolute atomic E-state index is 0.294. The van der Waals surface area contributed by atoms with Crippen molar-refractivity contribution in [3.63, 3.8) is 0 Å². The third-order valence-electron chi connectivity index (χ3n) is 5.34. The lowest BCUT2D eigenvalue weighted by Crippen LogP contribution is -2.39. The van der Waals surface area contributed by atoms with E-state index in [2.05, 4.69) is 83.9 Å². The second kappa shape index (κ2) is 10.1. The van der Waals surface area contributed by atoms with Crippen molar-refractivity contribution >= 4 is 12.2 Å². The topological polar surface area (TPSA) is 0 Å². The van der Waals surface area contributed by atoms with Gasteiger partial charge in [-0.05, 0) is 17.2 Å². The molecule has 0 radical (unpaired) electrons. The van der Waals surface area contributed by atoms with Crippen LogP contribution in [0.1, 0.15) is 86.5 Å². The molecule has 0 spiro atoms. The Bertz CT molecular complexity index is 470. The van der Waals surface area contributed by atoms with E-state index < -0.39 is 0 Å². The number of hydrogen-bond donors (Lipinski definition) is 0. The predicted octanol–water partition coefficient (Wildman–Crippen LogP) is 7.06. The van der Waals surface area contributed by atoms with Gasteiger partial charge in [-0.1, -0.05) is 122 Å². The van der Waals surface area contributed by atoms with Crippen LogP contribution >= 0.6 is 0 Å². The molecule has 134 valence electrons. The van der Waals surface area contributed by atoms with Crippen LogP contribution in [-0.2, 0) is 0 Å². The second-order valence-corrected chi connectivity index (χ2v) is 8.79. The first-order chi connectivity index (χ1) is 11.3. The van der Waals surface area contributed by atoms with Crippen LogP contribution in [0, 0.1) is 5.41 Å². The molecule has 0 heterocycles. The van der Waals surface area contributed by atoms with Crippen LogP contribution in [0.4, 0.5) is 0 Å². The minimum Gasteiger partial charge on any atom is -0.113 e. The highest BCUT2D eigenvalue weighted by atomic mass is 14.2. The molecule has 0 N–H and O–H groups in total. The van der Waals surface area contributed by atoms with E-state index in [1.165, 1.54) is 50.4 Å². The Morgan fingerprint density at radius 3 is 2.04 bits per heavy atom. The molecule has 0 aliphatic carbocycles. The second-order valence-electron chi connectivity index (χ2n) is 8.79. The zero-order valence-electron chi connectivity index (χ0n) is 17.1. The molecule has 0 aliphatic heterocycles. The first-order valence-corrected chi connectivity index (χ1v) is 10.1. The number of benzene rings is 1. The summed E-state index contributed by atoms with van der Waals surface area (Å²) in [5.74, 6) is 2.51. The van der Waals surface area contributed by atoms with Gasteiger partial charge in [-0.25, -0.2) is 0 Å². The molecule has 0 aromatic heterocycles. The molecule has 0 saturated carbocycles. The van der Waals surface area contributed by atoms with Gasteiger partial charge in [0.1, 0.15) is 0 Å². The van der Waals surface area contributed by atoms with E-state index in [1.807, 2.05) is 0 Å². The lowest BCUT2D eigenvalue weighted by atomic mass is 9.30. The van der Waals surface area contributed by atoms with Crippen LogP contribution in [0.2, 0.25) is 5.31 Å². The summed E-state index contributed by atoms with van der Waals surface area (Å²) in [6.45, 7) is 14.7. The fourth-order valence-electron chi connectivity index (χ4n) is 3.54. The van der Waals surface area contributed by atoms with E-state index in [-0.39, 0.29) is 0 Å². The first kappa shape index (κ1) is 21.1. The summed E-state index contributed by atoms with van der Waals surface area (Å²) in [7, 11) is 0. The Morgan fingerprint density at radius 2 is 1.46 bits per heavy atom. The lowest BCUT2D eigenvalue weighted by molar-refractivity contribution is 0.419. The highest BCUT2D eigenvalue weighted by Gasteiger charge is 2.32. The van der Waals surface area contributed by atoms with Crippen molar-refractivity contribution in [3.8, 4) is 0 Å². The summed E-state index contributed by atoms with van der Waals surface area (Å²) in [4.78, 5) is 0. The Balaban J connectivity index is 2.98. The van der Waals surface area contributed by atoms with Crippen molar-refractivity contribution in [1.82, 2.24) is 0 Å². The summed E-state index contributed by atoms with van der Waals surface area (Å²) in [5, 5.41) is 0.299. The van der Waals surface area contributed by atoms with Crippen LogP contribution in [0.3, 0.4) is 0 Å². The minimum atomic E-state index is 0.294. The Labute approximate surface area is 152 Å². The van der Waals surface area contributed by atoms with Gasteiger partial charge in [0.15, 0.2) is 0 Å². The van der Waals surface area contributed by atoms with E-state index in [9.17, 15) is 0 Å². The normalized spacial score (nSPS) is 12.8. The average Bonchev–Trinajstić information content (AvgIpc) is 2.54. The summed E-state index contributed by atoms with van der Waals surface area (Å²) in [5.41, 5.74) is 1.75. The van der Waals surface area contributed by atoms with E-state index >= 15 is 0 Å². The maximum Gasteiger partial charge on any atom is 0.206 e. The quantitative estimate of drug-likeness (QED) is 0.301. The number of hydrogen-bond acceptors (Lipinski definition) is 0. The zero-order valence-corrected chi connectivity index (χ0v) is 17.1. The van der Waals surface area contributed by atoms with Crippen molar-refractivity contribution in [2.45, 2.75) is 91.8 Å². The average molecular weight is 326 g/mol. The van der Waals surface area contributed by atoms with Crippen LogP contribution < -0.4 is 5.46 Å². The summed E-state index contributed by atoms with van der Waals surface area (Å²) in [6.07, 6.45) is 11.6. The van der Waals surface area contributed by atoms with Gasteiger partial charge in [-0.2, -0.15) is 0 Å². The maximum atomic E-state index is 2.51. The molecular weight excluding hydrogens is 287 g/mol. The van der Waals surface area contributed by atoms with Gasteiger partial charge in [-0.15, -0.1) is 5.98 Å². The van der Waals surface area contributed by atoms with Gasteiger partial charge in [-0.3, -0.25) is 0 Å². The van der Waals surface area contributed by atoms with Gasteiger partial charge in [0, 0.05) is 0 Å². The molecule has 0 amide bonds. The Hall–Kier alpha value is -0.975. The van der Waals surface area contributed by atoms with Crippen molar-refractivity contribution < 1.29 is 0 Å². The third kappa shape index (κ3) is 7.28. The molecule has 0 atom stereocenters. The molecule has 0 aliphatic rings. The number of allylic oxidation sites excluding steroid dienone is 1. The fourth-order valence-corrected chi connectivity index (χ4v) is 3.54. The molecule has 0 unspecified atom stereocenters. The summed E-state index contributed by atoms with van der Waals surface area (Å²) < 4.78 is 0. The molecule has 0 saturated heterocycles. The van der Waals surface area contributed by atoms with Gasteiger partial charge in [0.25, 0.3) is 0 Å². The molecule has 0 nitrogen and oxygen atoms in total. The largest absolute Gasteiger partial charge is 0.206 e. The number of unbranched alkanes of at least 4 members (excludes halogenated alkanes) is 3. The van der Waals surface area contributed by atoms with E-state index in [0.717, 1.165) is 0 Å². The van der Waals surface area contributed by atoms with Crippen molar-refractivity contribution in [1.29, 1.82) is 0 Å². The SMILES string of the molecule is CCCCCC(C)(C)B(/C=C/C(C)(C)CCCC)c1ccccc1. The van der Waals surface area contributed by atoms with Gasteiger partial charge in [0.05, 0.1) is 0 Å². The molecule has 1 rings (SSSR count). The molecule has 0 bridgehead atoms. The van der Waals surface area contributed by atoms with Gasteiger partial charge in [0.2, 0.25) is 6.71 Å². The molecule has 24 heavy (non-hydrogen) atoms. The molecule has 0 fully saturated rings. The Kier molecular flexibility index (Phi) is 8.88. The molecule has 1 aromatic carbocycles. The van der Waals surface area contributed by atoms with Crippen LogP contribution in [0.15, 0.2) is 42.4 Å². The highest BCUT2D eigenvalue weighted by Crippen LogP contribution is 2.36. The number of rotatable bonds is 11. The van der Waals surface area contributed by atoms with Gasteiger partial charge < -0.3 is 0 Å². The zero-order chi connectivity index (χ0) is 18.1. The standard InChI is InChI=1S/C23H39B/c1-7-9-14-18-23(5,6)24(21-15-12-11-13-16-21)20-19-22(3,4)17-10-8-2/h11-13,15-16,19-20H,7-10,14,17-18H2,1-6H3/b20-19+. The van der Waals surface area contributed by atoms with Crippen molar-refractivity contribution in [3.05, 3.63) is 42.4 Å². The molecule has 1 aromatic rings. The van der Waals surface area contributed by atoms with Crippen molar-refractivity contribution in [2.75, 3.05) is 0 Å². The van der Waals surface area contributed by atoms with Crippen molar-refractivity contribution in [2.24, 2.45) is 5.41 Å². The fraction of sp³-hybridized carbons (Fsp3) is 0.652. The van der Waals surface area contributed by atoms with E-state index in [4.69, 9.17) is 0 Å². The lowest BCUT2D eigenvalue weighted by Gasteiger charge is -2.32. The van der Waals surface area contributed by atoms with Crippen LogP contribution in [0.5, 0.6) is 0 Å². The highest BCUT2D eigenvalue weighted by molar-refractivity contribution is 6.80. The third-order valence-corrected chi connectivity index (χ3v) is 5.34. The monoisotopic (exact) mass is 326 g/mol. The Morgan fingerprint density at radius 1 is 0.833 bits per heavy atom. The van der Waals surface area contributed by atoms with Crippen LogP contribution in [0.25, 0.3) is 0 Å². The smallest absolute Gasteiger partial charge is 0.113 e. The van der Waals surface area contributed by atoms with Crippen LogP contribution in [-0.4, -0.2) is 6.71 Å².